The molecule has 1 saturated heterocycles. The van der Waals surface area contributed by atoms with E-state index in [1.165, 1.54) is 0 Å². The number of hydrogen-bond donors (Lipinski definition) is 1. The molecule has 2 N–H and O–H groups in total. The first-order valence-corrected chi connectivity index (χ1v) is 6.73. The number of fused-ring (bicyclic) bond motifs is 1. The third-order valence-corrected chi connectivity index (χ3v) is 3.63. The molecule has 0 radical (unpaired) electrons. The maximum atomic E-state index is 12.1. The molecule has 0 bridgehead atoms. The molecule has 0 spiro atoms. The van der Waals surface area contributed by atoms with Gasteiger partial charge >= 0.3 is 5.63 Å². The van der Waals surface area contributed by atoms with E-state index in [-0.39, 0.29) is 12.3 Å². The van der Waals surface area contributed by atoms with E-state index in [1.54, 1.807) is 29.2 Å². The third-order valence-electron chi connectivity index (χ3n) is 3.63. The van der Waals surface area contributed by atoms with Gasteiger partial charge in [-0.25, -0.2) is 4.79 Å². The highest BCUT2D eigenvalue weighted by atomic mass is 16.4. The van der Waals surface area contributed by atoms with Crippen LogP contribution in [0, 0.1) is 0 Å². The first-order valence-electron chi connectivity index (χ1n) is 6.73. The number of anilines is 1. The molecule has 104 valence electrons. The highest BCUT2D eigenvalue weighted by Crippen LogP contribution is 2.17. The number of amides is 1. The fourth-order valence-corrected chi connectivity index (χ4v) is 2.55. The molecule has 0 saturated carbocycles. The van der Waals surface area contributed by atoms with Gasteiger partial charge in [0.1, 0.15) is 5.58 Å². The SMILES string of the molecule is Nc1ccc2oc(=O)c(CC(=O)N3CCCC3)cc2c1. The molecule has 5 nitrogen and oxygen atoms in total. The van der Waals surface area contributed by atoms with Crippen molar-refractivity contribution in [3.63, 3.8) is 0 Å². The maximum absolute atomic E-state index is 12.1. The molecule has 3 rings (SSSR count). The molecular formula is C15H16N2O3. The molecule has 0 atom stereocenters. The number of nitrogens with zero attached hydrogens (tertiary/aromatic N) is 1. The zero-order valence-corrected chi connectivity index (χ0v) is 11.1. The minimum atomic E-state index is -0.449. The summed E-state index contributed by atoms with van der Waals surface area (Å²) in [6.45, 7) is 1.56. The maximum Gasteiger partial charge on any atom is 0.339 e. The number of hydrogen-bond acceptors (Lipinski definition) is 4. The van der Waals surface area contributed by atoms with E-state index in [0.29, 0.717) is 16.8 Å². The Kier molecular flexibility index (Phi) is 3.18. The summed E-state index contributed by atoms with van der Waals surface area (Å²) in [5.74, 6) is -0.0157. The van der Waals surface area contributed by atoms with Crippen LogP contribution in [-0.4, -0.2) is 23.9 Å². The summed E-state index contributed by atoms with van der Waals surface area (Å²) in [6.07, 6.45) is 2.16. The first-order chi connectivity index (χ1) is 9.63. The van der Waals surface area contributed by atoms with Crippen LogP contribution in [0.1, 0.15) is 18.4 Å². The Morgan fingerprint density at radius 3 is 2.75 bits per heavy atom. The lowest BCUT2D eigenvalue weighted by molar-refractivity contribution is -0.129. The predicted octanol–water partition coefficient (Wildman–Crippen LogP) is 1.54. The fourth-order valence-electron chi connectivity index (χ4n) is 2.55. The number of likely N-dealkylation sites (tertiary alicyclic amines) is 1. The Hall–Kier alpha value is -2.30. The lowest BCUT2D eigenvalue weighted by atomic mass is 10.1. The standard InChI is InChI=1S/C15H16N2O3/c16-12-3-4-13-10(8-12)7-11(15(19)20-13)9-14(18)17-5-1-2-6-17/h3-4,7-8H,1-2,5-6,9,16H2. The molecule has 1 aliphatic heterocycles. The second kappa shape index (κ2) is 5.00. The van der Waals surface area contributed by atoms with Crippen LogP contribution in [0.25, 0.3) is 11.0 Å². The molecule has 1 aromatic carbocycles. The average molecular weight is 272 g/mol. The van der Waals surface area contributed by atoms with Gasteiger partial charge in [-0.3, -0.25) is 4.79 Å². The highest BCUT2D eigenvalue weighted by Gasteiger charge is 2.19. The van der Waals surface area contributed by atoms with Gasteiger partial charge in [-0.2, -0.15) is 0 Å². The van der Waals surface area contributed by atoms with Crippen LogP contribution in [0.2, 0.25) is 0 Å². The number of carbonyl (C=O) groups excluding carboxylic acids is 1. The van der Waals surface area contributed by atoms with E-state index in [1.807, 2.05) is 0 Å². The van der Waals surface area contributed by atoms with Gasteiger partial charge in [-0.1, -0.05) is 0 Å². The minimum Gasteiger partial charge on any atom is -0.423 e. The summed E-state index contributed by atoms with van der Waals surface area (Å²) in [5.41, 5.74) is 6.75. The largest absolute Gasteiger partial charge is 0.423 e. The number of nitrogens with two attached hydrogens (primary N) is 1. The van der Waals surface area contributed by atoms with E-state index >= 15 is 0 Å². The van der Waals surface area contributed by atoms with Gasteiger partial charge in [0, 0.05) is 29.7 Å². The van der Waals surface area contributed by atoms with Gasteiger partial charge < -0.3 is 15.1 Å². The van der Waals surface area contributed by atoms with Crippen LogP contribution in [0.5, 0.6) is 0 Å². The quantitative estimate of drug-likeness (QED) is 0.664. The molecule has 1 aliphatic rings. The second-order valence-electron chi connectivity index (χ2n) is 5.12. The van der Waals surface area contributed by atoms with E-state index in [9.17, 15) is 9.59 Å². The van der Waals surface area contributed by atoms with Gasteiger partial charge in [-0.15, -0.1) is 0 Å². The van der Waals surface area contributed by atoms with Crippen LogP contribution >= 0.6 is 0 Å². The lowest BCUT2D eigenvalue weighted by Crippen LogP contribution is -2.30. The van der Waals surface area contributed by atoms with Gasteiger partial charge in [0.05, 0.1) is 6.42 Å². The first kappa shape index (κ1) is 12.7. The van der Waals surface area contributed by atoms with E-state index < -0.39 is 5.63 Å². The van der Waals surface area contributed by atoms with Crippen LogP contribution in [0.4, 0.5) is 5.69 Å². The third kappa shape index (κ3) is 2.39. The Balaban J connectivity index is 1.92. The van der Waals surface area contributed by atoms with Gasteiger partial charge in [-0.05, 0) is 37.1 Å². The summed E-state index contributed by atoms with van der Waals surface area (Å²) in [5, 5.41) is 0.744. The normalized spacial score (nSPS) is 14.9. The number of nitrogen functional groups attached to an aromatic ring is 1. The molecule has 1 amide bonds. The summed E-state index contributed by atoms with van der Waals surface area (Å²) in [6, 6.07) is 6.78. The fraction of sp³-hybridized carbons (Fsp3) is 0.333. The zero-order chi connectivity index (χ0) is 14.1. The molecule has 5 heteroatoms. The summed E-state index contributed by atoms with van der Waals surface area (Å²) in [7, 11) is 0. The molecular weight excluding hydrogens is 256 g/mol. The Morgan fingerprint density at radius 2 is 2.00 bits per heavy atom. The predicted molar refractivity (Wildman–Crippen MR) is 76.4 cm³/mol. The summed E-state index contributed by atoms with van der Waals surface area (Å²) in [4.78, 5) is 25.8. The van der Waals surface area contributed by atoms with Crippen molar-refractivity contribution in [1.82, 2.24) is 4.90 Å². The van der Waals surface area contributed by atoms with Crippen molar-refractivity contribution in [2.24, 2.45) is 0 Å². The molecule has 1 fully saturated rings. The highest BCUT2D eigenvalue weighted by molar-refractivity contribution is 5.83. The smallest absolute Gasteiger partial charge is 0.339 e. The molecule has 1 aromatic heterocycles. The molecule has 0 unspecified atom stereocenters. The van der Waals surface area contributed by atoms with E-state index in [2.05, 4.69) is 0 Å². The Bertz CT molecular complexity index is 715. The molecule has 2 heterocycles. The van der Waals surface area contributed by atoms with Crippen LogP contribution in [0.15, 0.2) is 33.5 Å². The van der Waals surface area contributed by atoms with Crippen molar-refractivity contribution < 1.29 is 9.21 Å². The molecule has 2 aromatic rings. The monoisotopic (exact) mass is 272 g/mol. The van der Waals surface area contributed by atoms with Crippen molar-refractivity contribution in [2.45, 2.75) is 19.3 Å². The Morgan fingerprint density at radius 1 is 1.25 bits per heavy atom. The van der Waals surface area contributed by atoms with Crippen LogP contribution in [-0.2, 0) is 11.2 Å². The van der Waals surface area contributed by atoms with Crippen molar-refractivity contribution in [2.75, 3.05) is 18.8 Å². The van der Waals surface area contributed by atoms with Crippen molar-refractivity contribution >= 4 is 22.6 Å². The number of carbonyl (C=O) groups is 1. The topological polar surface area (TPSA) is 76.5 Å². The number of benzene rings is 1. The van der Waals surface area contributed by atoms with Crippen molar-refractivity contribution in [1.29, 1.82) is 0 Å². The summed E-state index contributed by atoms with van der Waals surface area (Å²) < 4.78 is 5.23. The van der Waals surface area contributed by atoms with Crippen LogP contribution < -0.4 is 11.4 Å². The minimum absolute atomic E-state index is 0.0157. The lowest BCUT2D eigenvalue weighted by Gasteiger charge is -2.14. The van der Waals surface area contributed by atoms with E-state index in [4.69, 9.17) is 10.2 Å². The van der Waals surface area contributed by atoms with Gasteiger partial charge in [0.15, 0.2) is 0 Å². The zero-order valence-electron chi connectivity index (χ0n) is 11.1. The molecule has 0 aliphatic carbocycles. The van der Waals surface area contributed by atoms with Gasteiger partial charge in [0.25, 0.3) is 0 Å². The van der Waals surface area contributed by atoms with Crippen molar-refractivity contribution in [3.8, 4) is 0 Å². The van der Waals surface area contributed by atoms with Crippen molar-refractivity contribution in [3.05, 3.63) is 40.2 Å². The average Bonchev–Trinajstić information content (AvgIpc) is 2.94. The van der Waals surface area contributed by atoms with Crippen LogP contribution in [0.3, 0.4) is 0 Å². The second-order valence-corrected chi connectivity index (χ2v) is 5.12. The molecule has 20 heavy (non-hydrogen) atoms. The van der Waals surface area contributed by atoms with Gasteiger partial charge in [0.2, 0.25) is 5.91 Å². The Labute approximate surface area is 116 Å². The van der Waals surface area contributed by atoms with E-state index in [0.717, 1.165) is 31.3 Å². The number of rotatable bonds is 2. The summed E-state index contributed by atoms with van der Waals surface area (Å²) >= 11 is 0.